The molecule has 1 aliphatic rings. The first-order valence-corrected chi connectivity index (χ1v) is 6.21. The maximum Gasteiger partial charge on any atom is 0.0829 e. The van der Waals surface area contributed by atoms with Crippen LogP contribution in [0.3, 0.4) is 0 Å². The molecule has 0 aromatic rings. The van der Waals surface area contributed by atoms with Crippen LogP contribution in [0.2, 0.25) is 0 Å². The molecular formula is C12H28N2O. The van der Waals surface area contributed by atoms with Crippen LogP contribution in [0.1, 0.15) is 27.2 Å². The zero-order valence-electron chi connectivity index (χ0n) is 11.1. The van der Waals surface area contributed by atoms with Gasteiger partial charge in [0.15, 0.2) is 0 Å². The van der Waals surface area contributed by atoms with E-state index in [4.69, 9.17) is 4.74 Å². The molecule has 1 unspecified atom stereocenters. The number of ether oxygens (including phenoxy) is 1. The molecule has 0 amide bonds. The summed E-state index contributed by atoms with van der Waals surface area (Å²) in [7, 11) is 4.20. The van der Waals surface area contributed by atoms with E-state index in [0.717, 1.165) is 26.2 Å². The van der Waals surface area contributed by atoms with Crippen LogP contribution in [0.5, 0.6) is 0 Å². The van der Waals surface area contributed by atoms with Crippen molar-refractivity contribution in [2.45, 2.75) is 33.3 Å². The average Bonchev–Trinajstić information content (AvgIpc) is 2.21. The standard InChI is InChI=1S/C10H22N2O.C2H6/c1-4-5-12-6-7-13-10(9-12)8-11(2)3;1-2/h10H,4-9H2,1-3H3;1-2H3. The van der Waals surface area contributed by atoms with Crippen LogP contribution in [0.4, 0.5) is 0 Å². The third-order valence-corrected chi connectivity index (χ3v) is 2.33. The van der Waals surface area contributed by atoms with Gasteiger partial charge in [0.2, 0.25) is 0 Å². The topological polar surface area (TPSA) is 15.7 Å². The summed E-state index contributed by atoms with van der Waals surface area (Å²) >= 11 is 0. The summed E-state index contributed by atoms with van der Waals surface area (Å²) in [6.45, 7) is 11.6. The molecule has 0 aliphatic carbocycles. The molecule has 1 atom stereocenters. The summed E-state index contributed by atoms with van der Waals surface area (Å²) in [4.78, 5) is 4.69. The molecule has 3 heteroatoms. The number of hydrogen-bond donors (Lipinski definition) is 0. The van der Waals surface area contributed by atoms with Gasteiger partial charge < -0.3 is 9.64 Å². The van der Waals surface area contributed by atoms with Gasteiger partial charge in [0.05, 0.1) is 12.7 Å². The Kier molecular flexibility index (Phi) is 9.06. The van der Waals surface area contributed by atoms with E-state index in [1.54, 1.807) is 0 Å². The maximum absolute atomic E-state index is 5.68. The van der Waals surface area contributed by atoms with E-state index < -0.39 is 0 Å². The van der Waals surface area contributed by atoms with Gasteiger partial charge in [-0.2, -0.15) is 0 Å². The van der Waals surface area contributed by atoms with Crippen LogP contribution in [0.25, 0.3) is 0 Å². The molecule has 0 radical (unpaired) electrons. The van der Waals surface area contributed by atoms with E-state index in [0.29, 0.717) is 6.10 Å². The minimum Gasteiger partial charge on any atom is -0.374 e. The lowest BCUT2D eigenvalue weighted by Crippen LogP contribution is -2.46. The van der Waals surface area contributed by atoms with Gasteiger partial charge in [-0.1, -0.05) is 20.8 Å². The van der Waals surface area contributed by atoms with Crippen molar-refractivity contribution in [2.24, 2.45) is 0 Å². The van der Waals surface area contributed by atoms with E-state index in [1.165, 1.54) is 13.0 Å². The normalized spacial score (nSPS) is 22.4. The Morgan fingerprint density at radius 3 is 2.53 bits per heavy atom. The molecule has 15 heavy (non-hydrogen) atoms. The molecule has 1 saturated heterocycles. The molecule has 0 aromatic heterocycles. The van der Waals surface area contributed by atoms with Crippen LogP contribution in [-0.2, 0) is 4.74 Å². The first kappa shape index (κ1) is 14.9. The third-order valence-electron chi connectivity index (χ3n) is 2.33. The van der Waals surface area contributed by atoms with Gasteiger partial charge in [-0.05, 0) is 27.1 Å². The Hall–Kier alpha value is -0.120. The number of nitrogens with zero attached hydrogens (tertiary/aromatic N) is 2. The van der Waals surface area contributed by atoms with Crippen LogP contribution < -0.4 is 0 Å². The van der Waals surface area contributed by atoms with Crippen molar-refractivity contribution in [1.29, 1.82) is 0 Å². The second-order valence-electron chi connectivity index (χ2n) is 4.06. The first-order chi connectivity index (χ1) is 7.22. The molecule has 0 N–H and O–H groups in total. The monoisotopic (exact) mass is 216 g/mol. The Morgan fingerprint density at radius 2 is 2.00 bits per heavy atom. The van der Waals surface area contributed by atoms with Crippen molar-refractivity contribution in [2.75, 3.05) is 46.9 Å². The number of rotatable bonds is 4. The van der Waals surface area contributed by atoms with Crippen molar-refractivity contribution in [3.63, 3.8) is 0 Å². The maximum atomic E-state index is 5.68. The molecule has 1 fully saturated rings. The predicted octanol–water partition coefficient (Wildman–Crippen LogP) is 1.69. The summed E-state index contributed by atoms with van der Waals surface area (Å²) in [5, 5.41) is 0. The smallest absolute Gasteiger partial charge is 0.0829 e. The largest absolute Gasteiger partial charge is 0.374 e. The fourth-order valence-corrected chi connectivity index (χ4v) is 1.82. The van der Waals surface area contributed by atoms with Gasteiger partial charge in [0.25, 0.3) is 0 Å². The fraction of sp³-hybridized carbons (Fsp3) is 1.00. The minimum atomic E-state index is 0.412. The van der Waals surface area contributed by atoms with Crippen LogP contribution >= 0.6 is 0 Å². The Bertz CT molecular complexity index is 138. The highest BCUT2D eigenvalue weighted by Crippen LogP contribution is 2.06. The molecule has 92 valence electrons. The molecule has 1 aliphatic heterocycles. The summed E-state index contributed by atoms with van der Waals surface area (Å²) < 4.78 is 5.68. The van der Waals surface area contributed by atoms with E-state index >= 15 is 0 Å². The lowest BCUT2D eigenvalue weighted by atomic mass is 10.2. The van der Waals surface area contributed by atoms with Gasteiger partial charge in [0, 0.05) is 19.6 Å². The second kappa shape index (κ2) is 9.13. The number of hydrogen-bond acceptors (Lipinski definition) is 3. The molecule has 3 nitrogen and oxygen atoms in total. The lowest BCUT2D eigenvalue weighted by molar-refractivity contribution is -0.0378. The molecule has 0 spiro atoms. The molecule has 0 bridgehead atoms. The zero-order valence-corrected chi connectivity index (χ0v) is 11.1. The van der Waals surface area contributed by atoms with E-state index in [9.17, 15) is 0 Å². The zero-order chi connectivity index (χ0) is 11.7. The average molecular weight is 216 g/mol. The highest BCUT2D eigenvalue weighted by molar-refractivity contribution is 4.72. The van der Waals surface area contributed by atoms with Crippen LogP contribution in [-0.4, -0.2) is 62.8 Å². The van der Waals surface area contributed by atoms with Gasteiger partial charge in [-0.3, -0.25) is 4.90 Å². The van der Waals surface area contributed by atoms with Crippen molar-refractivity contribution in [1.82, 2.24) is 9.80 Å². The molecular weight excluding hydrogens is 188 g/mol. The number of morpholine rings is 1. The molecule has 0 aromatic carbocycles. The minimum absolute atomic E-state index is 0.412. The van der Waals surface area contributed by atoms with E-state index in [-0.39, 0.29) is 0 Å². The SMILES string of the molecule is CC.CCCN1CCOC(CN(C)C)C1. The number of likely N-dealkylation sites (N-methyl/N-ethyl adjacent to an activating group) is 1. The van der Waals surface area contributed by atoms with Crippen molar-refractivity contribution in [3.8, 4) is 0 Å². The second-order valence-corrected chi connectivity index (χ2v) is 4.06. The fourth-order valence-electron chi connectivity index (χ4n) is 1.82. The van der Waals surface area contributed by atoms with E-state index in [2.05, 4.69) is 30.8 Å². The van der Waals surface area contributed by atoms with Crippen molar-refractivity contribution >= 4 is 0 Å². The Labute approximate surface area is 95.4 Å². The molecule has 1 rings (SSSR count). The Balaban J connectivity index is 0.000000921. The Morgan fingerprint density at radius 1 is 1.33 bits per heavy atom. The first-order valence-electron chi connectivity index (χ1n) is 6.21. The third kappa shape index (κ3) is 6.88. The van der Waals surface area contributed by atoms with Gasteiger partial charge in [0.1, 0.15) is 0 Å². The van der Waals surface area contributed by atoms with Crippen molar-refractivity contribution in [3.05, 3.63) is 0 Å². The summed E-state index contributed by atoms with van der Waals surface area (Å²) in [5.41, 5.74) is 0. The highest BCUT2D eigenvalue weighted by atomic mass is 16.5. The summed E-state index contributed by atoms with van der Waals surface area (Å²) in [6, 6.07) is 0. The molecule has 1 heterocycles. The van der Waals surface area contributed by atoms with Gasteiger partial charge in [-0.15, -0.1) is 0 Å². The summed E-state index contributed by atoms with van der Waals surface area (Å²) in [5.74, 6) is 0. The van der Waals surface area contributed by atoms with Crippen LogP contribution in [0, 0.1) is 0 Å². The predicted molar refractivity (Wildman–Crippen MR) is 66.4 cm³/mol. The molecule has 0 saturated carbocycles. The summed E-state index contributed by atoms with van der Waals surface area (Å²) in [6.07, 6.45) is 1.66. The van der Waals surface area contributed by atoms with Gasteiger partial charge in [-0.25, -0.2) is 0 Å². The van der Waals surface area contributed by atoms with Gasteiger partial charge >= 0.3 is 0 Å². The lowest BCUT2D eigenvalue weighted by Gasteiger charge is -2.33. The highest BCUT2D eigenvalue weighted by Gasteiger charge is 2.19. The van der Waals surface area contributed by atoms with Crippen molar-refractivity contribution < 1.29 is 4.74 Å². The van der Waals surface area contributed by atoms with Crippen LogP contribution in [0.15, 0.2) is 0 Å². The van der Waals surface area contributed by atoms with E-state index in [1.807, 2.05) is 13.8 Å². The quantitative estimate of drug-likeness (QED) is 0.711.